The summed E-state index contributed by atoms with van der Waals surface area (Å²) >= 11 is 0. The van der Waals surface area contributed by atoms with Gasteiger partial charge in [-0.2, -0.15) is 0 Å². The Morgan fingerprint density at radius 1 is 1.30 bits per heavy atom. The zero-order valence-electron chi connectivity index (χ0n) is 13.4. The average Bonchev–Trinajstić information content (AvgIpc) is 2.48. The van der Waals surface area contributed by atoms with Gasteiger partial charge in [0.1, 0.15) is 0 Å². The van der Waals surface area contributed by atoms with Gasteiger partial charge in [0, 0.05) is 25.3 Å². The molecule has 1 aromatic rings. The van der Waals surface area contributed by atoms with Gasteiger partial charge in [-0.1, -0.05) is 32.4 Å². The molecule has 0 amide bonds. The second-order valence-electron chi connectivity index (χ2n) is 6.16. The van der Waals surface area contributed by atoms with Crippen molar-refractivity contribution in [3.8, 4) is 0 Å². The van der Waals surface area contributed by atoms with Crippen LogP contribution in [0.15, 0.2) is 18.2 Å². The number of nitrogens with one attached hydrogen (secondary N) is 1. The maximum absolute atomic E-state index is 3.48. The van der Waals surface area contributed by atoms with Crippen LogP contribution in [-0.2, 0) is 6.54 Å². The molecule has 1 fully saturated rings. The molecule has 0 bridgehead atoms. The Labute approximate surface area is 124 Å². The van der Waals surface area contributed by atoms with Crippen LogP contribution in [0.4, 0.5) is 5.69 Å². The minimum absolute atomic E-state index is 0.883. The Kier molecular flexibility index (Phi) is 5.90. The van der Waals surface area contributed by atoms with Gasteiger partial charge in [-0.15, -0.1) is 0 Å². The van der Waals surface area contributed by atoms with E-state index < -0.39 is 0 Å². The molecule has 1 aliphatic rings. The zero-order chi connectivity index (χ0) is 14.4. The Bertz CT molecular complexity index is 414. The van der Waals surface area contributed by atoms with Crippen molar-refractivity contribution in [2.45, 2.75) is 53.0 Å². The van der Waals surface area contributed by atoms with Crippen LogP contribution in [0.2, 0.25) is 0 Å². The molecule has 0 aliphatic carbocycles. The van der Waals surface area contributed by atoms with E-state index in [-0.39, 0.29) is 0 Å². The summed E-state index contributed by atoms with van der Waals surface area (Å²) in [5, 5.41) is 3.48. The molecule has 2 rings (SSSR count). The lowest BCUT2D eigenvalue weighted by molar-refractivity contribution is 0.404. The topological polar surface area (TPSA) is 15.3 Å². The SMILES string of the molecule is CCCNCc1ccc(N2CCCC(CC)C2)c(C)c1. The molecule has 1 N–H and O–H groups in total. The third-order valence-electron chi connectivity index (χ3n) is 4.45. The highest BCUT2D eigenvalue weighted by Gasteiger charge is 2.19. The fraction of sp³-hybridized carbons (Fsp3) is 0.667. The van der Waals surface area contributed by atoms with Crippen molar-refractivity contribution < 1.29 is 0 Å². The van der Waals surface area contributed by atoms with Crippen LogP contribution in [0.5, 0.6) is 0 Å². The third kappa shape index (κ3) is 3.99. The lowest BCUT2D eigenvalue weighted by atomic mass is 9.94. The van der Waals surface area contributed by atoms with E-state index in [9.17, 15) is 0 Å². The lowest BCUT2D eigenvalue weighted by Crippen LogP contribution is -2.35. The highest BCUT2D eigenvalue weighted by atomic mass is 15.1. The molecule has 1 aliphatic heterocycles. The van der Waals surface area contributed by atoms with Gasteiger partial charge in [-0.05, 0) is 55.8 Å². The average molecular weight is 274 g/mol. The lowest BCUT2D eigenvalue weighted by Gasteiger charge is -2.35. The first-order chi connectivity index (χ1) is 9.74. The number of nitrogens with zero attached hydrogens (tertiary/aromatic N) is 1. The number of anilines is 1. The van der Waals surface area contributed by atoms with Crippen LogP contribution >= 0.6 is 0 Å². The number of aryl methyl sites for hydroxylation is 1. The van der Waals surface area contributed by atoms with Gasteiger partial charge >= 0.3 is 0 Å². The van der Waals surface area contributed by atoms with E-state index in [1.54, 1.807) is 0 Å². The molecule has 0 saturated carbocycles. The molecule has 0 spiro atoms. The van der Waals surface area contributed by atoms with Crippen LogP contribution < -0.4 is 10.2 Å². The van der Waals surface area contributed by atoms with Gasteiger partial charge in [0.15, 0.2) is 0 Å². The Morgan fingerprint density at radius 3 is 2.85 bits per heavy atom. The molecule has 0 aromatic heterocycles. The molecule has 1 heterocycles. The van der Waals surface area contributed by atoms with Crippen LogP contribution in [0.1, 0.15) is 50.7 Å². The number of piperidine rings is 1. The molecular weight excluding hydrogens is 244 g/mol. The molecule has 1 unspecified atom stereocenters. The summed E-state index contributed by atoms with van der Waals surface area (Å²) in [6.45, 7) is 11.4. The number of hydrogen-bond donors (Lipinski definition) is 1. The van der Waals surface area contributed by atoms with Crippen LogP contribution in [0, 0.1) is 12.8 Å². The van der Waals surface area contributed by atoms with Crippen molar-refractivity contribution in [2.75, 3.05) is 24.5 Å². The molecule has 1 aromatic carbocycles. The summed E-state index contributed by atoms with van der Waals surface area (Å²) in [4.78, 5) is 2.59. The van der Waals surface area contributed by atoms with Crippen molar-refractivity contribution in [3.63, 3.8) is 0 Å². The second-order valence-corrected chi connectivity index (χ2v) is 6.16. The largest absolute Gasteiger partial charge is 0.371 e. The quantitative estimate of drug-likeness (QED) is 0.785. The van der Waals surface area contributed by atoms with Crippen molar-refractivity contribution in [1.82, 2.24) is 5.32 Å². The molecule has 0 radical (unpaired) electrons. The Hall–Kier alpha value is -1.02. The highest BCUT2D eigenvalue weighted by molar-refractivity contribution is 5.54. The van der Waals surface area contributed by atoms with Crippen LogP contribution in [-0.4, -0.2) is 19.6 Å². The van der Waals surface area contributed by atoms with E-state index in [0.717, 1.165) is 19.0 Å². The van der Waals surface area contributed by atoms with E-state index in [1.165, 1.54) is 55.6 Å². The van der Waals surface area contributed by atoms with Crippen molar-refractivity contribution >= 4 is 5.69 Å². The smallest absolute Gasteiger partial charge is 0.0396 e. The Morgan fingerprint density at radius 2 is 2.15 bits per heavy atom. The van der Waals surface area contributed by atoms with E-state index in [4.69, 9.17) is 0 Å². The first-order valence-corrected chi connectivity index (χ1v) is 8.29. The van der Waals surface area contributed by atoms with Crippen LogP contribution in [0.3, 0.4) is 0 Å². The molecule has 1 atom stereocenters. The van der Waals surface area contributed by atoms with E-state index >= 15 is 0 Å². The molecule has 112 valence electrons. The number of rotatable bonds is 6. The molecular formula is C18H30N2. The van der Waals surface area contributed by atoms with Gasteiger partial charge in [-0.3, -0.25) is 0 Å². The third-order valence-corrected chi connectivity index (χ3v) is 4.45. The van der Waals surface area contributed by atoms with Gasteiger partial charge in [0.25, 0.3) is 0 Å². The maximum Gasteiger partial charge on any atom is 0.0396 e. The highest BCUT2D eigenvalue weighted by Crippen LogP contribution is 2.28. The van der Waals surface area contributed by atoms with E-state index in [1.807, 2.05) is 0 Å². The fourth-order valence-corrected chi connectivity index (χ4v) is 3.21. The molecule has 2 heteroatoms. The number of benzene rings is 1. The molecule has 1 saturated heterocycles. The normalized spacial score (nSPS) is 19.4. The van der Waals surface area contributed by atoms with E-state index in [2.05, 4.69) is 49.2 Å². The standard InChI is InChI=1S/C18H30N2/c1-4-10-19-13-17-8-9-18(15(3)12-17)20-11-6-7-16(5-2)14-20/h8-9,12,16,19H,4-7,10-11,13-14H2,1-3H3. The van der Waals surface area contributed by atoms with Crippen molar-refractivity contribution in [3.05, 3.63) is 29.3 Å². The second kappa shape index (κ2) is 7.68. The first kappa shape index (κ1) is 15.4. The van der Waals surface area contributed by atoms with Crippen molar-refractivity contribution in [1.29, 1.82) is 0 Å². The summed E-state index contributed by atoms with van der Waals surface area (Å²) in [6, 6.07) is 6.98. The van der Waals surface area contributed by atoms with Gasteiger partial charge in [0.2, 0.25) is 0 Å². The molecule has 20 heavy (non-hydrogen) atoms. The summed E-state index contributed by atoms with van der Waals surface area (Å²) in [5.74, 6) is 0.883. The monoisotopic (exact) mass is 274 g/mol. The zero-order valence-corrected chi connectivity index (χ0v) is 13.4. The minimum Gasteiger partial charge on any atom is -0.371 e. The summed E-state index contributed by atoms with van der Waals surface area (Å²) in [7, 11) is 0. The predicted octanol–water partition coefficient (Wildman–Crippen LogP) is 4.12. The fourth-order valence-electron chi connectivity index (χ4n) is 3.21. The van der Waals surface area contributed by atoms with Gasteiger partial charge in [-0.25, -0.2) is 0 Å². The first-order valence-electron chi connectivity index (χ1n) is 8.29. The summed E-state index contributed by atoms with van der Waals surface area (Å²) in [5.41, 5.74) is 4.28. The summed E-state index contributed by atoms with van der Waals surface area (Å²) in [6.07, 6.45) is 5.26. The predicted molar refractivity (Wildman–Crippen MR) is 88.4 cm³/mol. The minimum atomic E-state index is 0.883. The van der Waals surface area contributed by atoms with Crippen molar-refractivity contribution in [2.24, 2.45) is 5.92 Å². The summed E-state index contributed by atoms with van der Waals surface area (Å²) < 4.78 is 0. The molecule has 2 nitrogen and oxygen atoms in total. The van der Waals surface area contributed by atoms with E-state index in [0.29, 0.717) is 0 Å². The maximum atomic E-state index is 3.48. The number of hydrogen-bond acceptors (Lipinski definition) is 2. The Balaban J connectivity index is 2.01. The van der Waals surface area contributed by atoms with Crippen LogP contribution in [0.25, 0.3) is 0 Å². The van der Waals surface area contributed by atoms with Gasteiger partial charge in [0.05, 0.1) is 0 Å². The van der Waals surface area contributed by atoms with Gasteiger partial charge < -0.3 is 10.2 Å².